The molecule has 0 aliphatic rings. The Labute approximate surface area is 158 Å². The lowest BCUT2D eigenvalue weighted by Gasteiger charge is -2.15. The van der Waals surface area contributed by atoms with E-state index in [0.717, 1.165) is 22.3 Å². The molecule has 138 valence electrons. The largest absolute Gasteiger partial charge is 0.325 e. The molecule has 6 nitrogen and oxygen atoms in total. The maximum Gasteiger partial charge on any atom is 0.214 e. The fourth-order valence-electron chi connectivity index (χ4n) is 2.90. The third kappa shape index (κ3) is 3.78. The highest BCUT2D eigenvalue weighted by Gasteiger charge is 2.19. The van der Waals surface area contributed by atoms with E-state index in [4.69, 9.17) is 11.6 Å². The highest BCUT2D eigenvalue weighted by Crippen LogP contribution is 2.43. The van der Waals surface area contributed by atoms with Crippen LogP contribution in [-0.4, -0.2) is 33.7 Å². The van der Waals surface area contributed by atoms with E-state index in [1.807, 2.05) is 55.8 Å². The lowest BCUT2D eigenvalue weighted by Crippen LogP contribution is -2.09. The number of aromatic nitrogens is 3. The Hall–Kier alpha value is -1.88. The zero-order valence-corrected chi connectivity index (χ0v) is 16.8. The summed E-state index contributed by atoms with van der Waals surface area (Å²) in [5.41, 5.74) is 2.49. The summed E-state index contributed by atoms with van der Waals surface area (Å²) in [5.74, 6) is 0.587. The minimum absolute atomic E-state index is 0.375. The Kier molecular flexibility index (Phi) is 5.66. The molecule has 2 aromatic heterocycles. The van der Waals surface area contributed by atoms with Gasteiger partial charge in [-0.05, 0) is 31.3 Å². The lowest BCUT2D eigenvalue weighted by atomic mass is 10.3. The highest BCUT2D eigenvalue weighted by atomic mass is 35.5. The van der Waals surface area contributed by atoms with E-state index in [1.54, 1.807) is 6.07 Å². The topological polar surface area (TPSA) is 71.3 Å². The third-order valence-corrected chi connectivity index (χ3v) is 7.92. The minimum atomic E-state index is -2.27. The van der Waals surface area contributed by atoms with Gasteiger partial charge in [0.05, 0.1) is 5.69 Å². The lowest BCUT2D eigenvalue weighted by molar-refractivity contribution is 0.582. The van der Waals surface area contributed by atoms with Crippen LogP contribution in [0.2, 0.25) is 5.15 Å². The molecule has 1 aromatic carbocycles. The number of hydrogen-bond donors (Lipinski definition) is 2. The summed E-state index contributed by atoms with van der Waals surface area (Å²) in [4.78, 5) is 8.91. The van der Waals surface area contributed by atoms with Crippen molar-refractivity contribution in [2.45, 2.75) is 20.4 Å². The van der Waals surface area contributed by atoms with Crippen molar-refractivity contribution in [2.75, 3.05) is 24.7 Å². The molecule has 8 heteroatoms. The average Bonchev–Trinajstić information content (AvgIpc) is 3.04. The van der Waals surface area contributed by atoms with Crippen LogP contribution in [0, 0.1) is 0 Å². The van der Waals surface area contributed by atoms with Crippen molar-refractivity contribution in [1.82, 2.24) is 19.7 Å². The molecule has 2 heterocycles. The van der Waals surface area contributed by atoms with Crippen LogP contribution in [0.4, 0.5) is 11.6 Å². The smallest absolute Gasteiger partial charge is 0.214 e. The molecule has 0 spiro atoms. The maximum absolute atomic E-state index is 12.8. The number of fused-ring (bicyclic) bond motifs is 1. The van der Waals surface area contributed by atoms with Gasteiger partial charge in [0, 0.05) is 42.1 Å². The van der Waals surface area contributed by atoms with Crippen LogP contribution in [0.3, 0.4) is 0 Å². The first-order valence-corrected chi connectivity index (χ1v) is 11.1. The fourth-order valence-corrected chi connectivity index (χ4v) is 4.95. The Balaban J connectivity index is 1.92. The quantitative estimate of drug-likeness (QED) is 0.472. The van der Waals surface area contributed by atoms with Gasteiger partial charge in [-0.15, -0.1) is 0 Å². The molecule has 0 amide bonds. The molecule has 0 aliphatic carbocycles. The van der Waals surface area contributed by atoms with Crippen molar-refractivity contribution >= 4 is 41.3 Å². The second-order valence-corrected chi connectivity index (χ2v) is 10.0. The summed E-state index contributed by atoms with van der Waals surface area (Å²) in [6.45, 7) is 4.62. The number of nitrogens with zero attached hydrogens (tertiary/aromatic N) is 3. The van der Waals surface area contributed by atoms with Crippen molar-refractivity contribution in [1.29, 1.82) is 0 Å². The number of rotatable bonds is 7. The zero-order chi connectivity index (χ0) is 18.7. The van der Waals surface area contributed by atoms with Crippen LogP contribution in [0.5, 0.6) is 0 Å². The predicted octanol–water partition coefficient (Wildman–Crippen LogP) is 3.87. The number of benzene rings is 1. The monoisotopic (exact) mass is 391 g/mol. The number of nitrogens with one attached hydrogen (secondary N) is 2. The zero-order valence-electron chi connectivity index (χ0n) is 15.2. The van der Waals surface area contributed by atoms with Gasteiger partial charge in [-0.1, -0.05) is 25.4 Å². The van der Waals surface area contributed by atoms with Gasteiger partial charge >= 0.3 is 0 Å². The minimum Gasteiger partial charge on any atom is -0.325 e. The van der Waals surface area contributed by atoms with Gasteiger partial charge in [-0.2, -0.15) is 0 Å². The van der Waals surface area contributed by atoms with E-state index >= 15 is 0 Å². The molecule has 0 saturated carbocycles. The molecule has 3 rings (SSSR count). The molecule has 0 fully saturated rings. The third-order valence-electron chi connectivity index (χ3n) is 4.45. The Morgan fingerprint density at radius 3 is 2.46 bits per heavy atom. The predicted molar refractivity (Wildman–Crippen MR) is 109 cm³/mol. The van der Waals surface area contributed by atoms with Crippen LogP contribution in [0.15, 0.2) is 36.5 Å². The molecule has 26 heavy (non-hydrogen) atoms. The Morgan fingerprint density at radius 2 is 1.85 bits per heavy atom. The number of halogens is 1. The first-order valence-electron chi connectivity index (χ1n) is 8.64. The molecule has 0 unspecified atom stereocenters. The second kappa shape index (κ2) is 7.78. The molecule has 0 saturated heterocycles. The van der Waals surface area contributed by atoms with E-state index in [-0.39, 0.29) is 0 Å². The maximum atomic E-state index is 12.8. The van der Waals surface area contributed by atoms with Gasteiger partial charge in [0.1, 0.15) is 17.9 Å². The van der Waals surface area contributed by atoms with E-state index in [2.05, 4.69) is 20.6 Å². The number of hydrogen-bond acceptors (Lipinski definition) is 5. The summed E-state index contributed by atoms with van der Waals surface area (Å²) in [7, 11) is -0.398. The number of anilines is 2. The molecule has 3 aromatic rings. The molecular weight excluding hydrogens is 369 g/mol. The van der Waals surface area contributed by atoms with E-state index < -0.39 is 7.14 Å². The molecule has 0 atom stereocenters. The average molecular weight is 392 g/mol. The molecule has 0 bridgehead atoms. The van der Waals surface area contributed by atoms with Crippen LogP contribution in [-0.2, 0) is 11.1 Å². The van der Waals surface area contributed by atoms with Crippen molar-refractivity contribution in [3.8, 4) is 0 Å². The fraction of sp³-hybridized carbons (Fsp3) is 0.333. The first kappa shape index (κ1) is 18.9. The summed E-state index contributed by atoms with van der Waals surface area (Å²) >= 11 is 6.14. The van der Waals surface area contributed by atoms with Crippen molar-refractivity contribution in [2.24, 2.45) is 0 Å². The second-order valence-electron chi connectivity index (χ2n) is 6.09. The SMILES string of the molecule is CCP(=O)(CC)c1ccc(Nc2nc(Cl)cc3nc(CNC)cn23)cc1. The Morgan fingerprint density at radius 1 is 1.15 bits per heavy atom. The van der Waals surface area contributed by atoms with E-state index in [1.165, 1.54) is 0 Å². The van der Waals surface area contributed by atoms with Gasteiger partial charge in [-0.3, -0.25) is 4.40 Å². The molecular formula is C18H23ClN5OP. The number of imidazole rings is 1. The molecule has 2 N–H and O–H groups in total. The van der Waals surface area contributed by atoms with E-state index in [0.29, 0.717) is 30.0 Å². The van der Waals surface area contributed by atoms with Crippen molar-refractivity contribution in [3.63, 3.8) is 0 Å². The van der Waals surface area contributed by atoms with Gasteiger partial charge in [0.15, 0.2) is 0 Å². The van der Waals surface area contributed by atoms with Crippen LogP contribution in [0.1, 0.15) is 19.5 Å². The summed E-state index contributed by atoms with van der Waals surface area (Å²) in [6, 6.07) is 9.43. The van der Waals surface area contributed by atoms with Crippen molar-refractivity contribution < 1.29 is 4.57 Å². The van der Waals surface area contributed by atoms with Crippen molar-refractivity contribution in [3.05, 3.63) is 47.4 Å². The molecule has 0 radical (unpaired) electrons. The normalized spacial score (nSPS) is 11.8. The van der Waals surface area contributed by atoms with Gasteiger partial charge in [0.2, 0.25) is 5.95 Å². The Bertz CT molecular complexity index is 946. The van der Waals surface area contributed by atoms with Crippen LogP contribution in [0.25, 0.3) is 5.65 Å². The van der Waals surface area contributed by atoms with Gasteiger partial charge in [-0.25, -0.2) is 9.97 Å². The highest BCUT2D eigenvalue weighted by molar-refractivity contribution is 7.71. The summed E-state index contributed by atoms with van der Waals surface area (Å²) in [6.07, 6.45) is 3.28. The standard InChI is InChI=1S/C18H23ClN5OP/c1-4-26(25,5-2)15-8-6-13(7-9-15)22-18-23-16(19)10-17-21-14(11-20-3)12-24(17)18/h6-10,12,20H,4-5,11H2,1-3H3,(H,22,23). The van der Waals surface area contributed by atoms with E-state index in [9.17, 15) is 4.57 Å². The molecule has 0 aliphatic heterocycles. The van der Waals surface area contributed by atoms with Crippen LogP contribution >= 0.6 is 18.7 Å². The summed E-state index contributed by atoms with van der Waals surface area (Å²) < 4.78 is 14.7. The summed E-state index contributed by atoms with van der Waals surface area (Å²) in [5, 5.41) is 7.65. The first-order chi connectivity index (χ1) is 12.5. The van der Waals surface area contributed by atoms with Gasteiger partial charge in [0.25, 0.3) is 0 Å². The van der Waals surface area contributed by atoms with Gasteiger partial charge < -0.3 is 15.2 Å². The van der Waals surface area contributed by atoms with Crippen LogP contribution < -0.4 is 15.9 Å².